The van der Waals surface area contributed by atoms with Crippen LogP contribution in [0, 0.1) is 0 Å². The summed E-state index contributed by atoms with van der Waals surface area (Å²) in [7, 11) is -4.00. The lowest BCUT2D eigenvalue weighted by Gasteiger charge is -2.11. The molecule has 2 aromatic carbocycles. The van der Waals surface area contributed by atoms with E-state index < -0.39 is 10.1 Å². The Kier molecular flexibility index (Phi) is 4.73. The Bertz CT molecular complexity index is 984. The molecule has 7 heteroatoms. The van der Waals surface area contributed by atoms with E-state index in [0.29, 0.717) is 22.3 Å². The van der Waals surface area contributed by atoms with Crippen LogP contribution < -0.4 is 8.92 Å². The molecule has 124 valence electrons. The lowest BCUT2D eigenvalue weighted by atomic mass is 10.2. The minimum Gasteiger partial charge on any atom is -0.493 e. The average molecular weight is 408 g/mol. The number of hydrogen-bond donors (Lipinski definition) is 0. The van der Waals surface area contributed by atoms with Gasteiger partial charge in [0.2, 0.25) is 0 Å². The van der Waals surface area contributed by atoms with Crippen molar-refractivity contribution in [2.24, 2.45) is 0 Å². The number of nitrogens with zero attached hydrogens (tertiary/aromatic N) is 1. The summed E-state index contributed by atoms with van der Waals surface area (Å²) < 4.78 is 36.6. The van der Waals surface area contributed by atoms with Crippen LogP contribution in [-0.4, -0.2) is 20.0 Å². The highest BCUT2D eigenvalue weighted by atomic mass is 79.9. The van der Waals surface area contributed by atoms with Gasteiger partial charge in [-0.25, -0.2) is 0 Å². The molecule has 0 N–H and O–H groups in total. The van der Waals surface area contributed by atoms with Crippen molar-refractivity contribution in [3.8, 4) is 11.5 Å². The maximum Gasteiger partial charge on any atom is 0.339 e. The van der Waals surface area contributed by atoms with Crippen LogP contribution in [0.2, 0.25) is 0 Å². The molecule has 0 aliphatic rings. The van der Waals surface area contributed by atoms with Gasteiger partial charge in [0.15, 0.2) is 5.75 Å². The van der Waals surface area contributed by atoms with E-state index in [2.05, 4.69) is 20.9 Å². The average Bonchev–Trinajstić information content (AvgIpc) is 2.57. The molecule has 0 aliphatic carbocycles. The molecule has 0 saturated heterocycles. The van der Waals surface area contributed by atoms with Crippen LogP contribution in [0.25, 0.3) is 10.9 Å². The monoisotopic (exact) mass is 407 g/mol. The molecule has 0 spiro atoms. The first kappa shape index (κ1) is 16.7. The molecule has 1 heterocycles. The van der Waals surface area contributed by atoms with Gasteiger partial charge in [-0.1, -0.05) is 18.2 Å². The second-order valence-electron chi connectivity index (χ2n) is 4.89. The Morgan fingerprint density at radius 1 is 1.08 bits per heavy atom. The third-order valence-corrected chi connectivity index (χ3v) is 5.17. The summed E-state index contributed by atoms with van der Waals surface area (Å²) in [5.74, 6) is 0.632. The van der Waals surface area contributed by atoms with E-state index in [4.69, 9.17) is 8.92 Å². The van der Waals surface area contributed by atoms with Crippen LogP contribution >= 0.6 is 15.9 Å². The van der Waals surface area contributed by atoms with E-state index in [1.165, 1.54) is 12.1 Å². The molecule has 0 fully saturated rings. The number of ether oxygens (including phenoxy) is 1. The topological polar surface area (TPSA) is 65.5 Å². The van der Waals surface area contributed by atoms with Gasteiger partial charge in [0, 0.05) is 17.6 Å². The van der Waals surface area contributed by atoms with Crippen molar-refractivity contribution in [3.63, 3.8) is 0 Å². The number of fused-ring (bicyclic) bond motifs is 1. The Morgan fingerprint density at radius 3 is 2.67 bits per heavy atom. The Balaban J connectivity index is 2.01. The van der Waals surface area contributed by atoms with Gasteiger partial charge in [0.25, 0.3) is 0 Å². The van der Waals surface area contributed by atoms with E-state index >= 15 is 0 Å². The van der Waals surface area contributed by atoms with Crippen molar-refractivity contribution in [1.29, 1.82) is 0 Å². The highest BCUT2D eigenvalue weighted by Gasteiger charge is 2.20. The summed E-state index contributed by atoms with van der Waals surface area (Å²) in [5.41, 5.74) is 0.491. The van der Waals surface area contributed by atoms with Gasteiger partial charge >= 0.3 is 10.1 Å². The van der Waals surface area contributed by atoms with Gasteiger partial charge in [-0.2, -0.15) is 8.42 Å². The first-order valence-electron chi connectivity index (χ1n) is 7.22. The fourth-order valence-electron chi connectivity index (χ4n) is 2.22. The maximum absolute atomic E-state index is 12.6. The van der Waals surface area contributed by atoms with Gasteiger partial charge in [0.05, 0.1) is 11.1 Å². The number of pyridine rings is 1. The highest BCUT2D eigenvalue weighted by Crippen LogP contribution is 2.31. The Labute approximate surface area is 148 Å². The van der Waals surface area contributed by atoms with Crippen molar-refractivity contribution in [2.45, 2.75) is 11.8 Å². The summed E-state index contributed by atoms with van der Waals surface area (Å²) in [6.45, 7) is 2.25. The first-order chi connectivity index (χ1) is 11.5. The molecule has 0 aliphatic heterocycles. The fraction of sp³-hybridized carbons (Fsp3) is 0.118. The minimum absolute atomic E-state index is 0.0158. The lowest BCUT2D eigenvalue weighted by molar-refractivity contribution is 0.337. The van der Waals surface area contributed by atoms with E-state index in [1.54, 1.807) is 30.5 Å². The number of benzene rings is 2. The summed E-state index contributed by atoms with van der Waals surface area (Å²) in [4.78, 5) is 4.21. The molecule has 0 radical (unpaired) electrons. The van der Waals surface area contributed by atoms with Crippen molar-refractivity contribution >= 4 is 37.0 Å². The predicted molar refractivity (Wildman–Crippen MR) is 94.9 cm³/mol. The SMILES string of the molecule is CCOc1cc(S(=O)(=O)Oc2cccc3cccnc23)ccc1Br. The van der Waals surface area contributed by atoms with Crippen LogP contribution in [0.3, 0.4) is 0 Å². The van der Waals surface area contributed by atoms with Crippen molar-refractivity contribution in [3.05, 3.63) is 59.2 Å². The first-order valence-corrected chi connectivity index (χ1v) is 9.42. The Hall–Kier alpha value is -2.12. The third kappa shape index (κ3) is 3.37. The van der Waals surface area contributed by atoms with Gasteiger partial charge in [-0.15, -0.1) is 0 Å². The van der Waals surface area contributed by atoms with Crippen molar-refractivity contribution in [2.75, 3.05) is 6.61 Å². The molecule has 1 aromatic heterocycles. The van der Waals surface area contributed by atoms with Crippen molar-refractivity contribution in [1.82, 2.24) is 4.98 Å². The van der Waals surface area contributed by atoms with Gasteiger partial charge < -0.3 is 8.92 Å². The van der Waals surface area contributed by atoms with Crippen molar-refractivity contribution < 1.29 is 17.3 Å². The summed E-state index contributed by atoms with van der Waals surface area (Å²) in [6, 6.07) is 13.3. The summed E-state index contributed by atoms with van der Waals surface area (Å²) in [5, 5.41) is 0.802. The summed E-state index contributed by atoms with van der Waals surface area (Å²) in [6.07, 6.45) is 1.59. The molecule has 0 amide bonds. The van der Waals surface area contributed by atoms with Gasteiger partial charge in [0.1, 0.15) is 16.2 Å². The predicted octanol–water partition coefficient (Wildman–Crippen LogP) is 4.16. The number of halogens is 1. The highest BCUT2D eigenvalue weighted by molar-refractivity contribution is 9.10. The molecular weight excluding hydrogens is 394 g/mol. The number of hydrogen-bond acceptors (Lipinski definition) is 5. The lowest BCUT2D eigenvalue weighted by Crippen LogP contribution is -2.10. The number of rotatable bonds is 5. The molecule has 3 rings (SSSR count). The van der Waals surface area contributed by atoms with Crippen LogP contribution in [0.5, 0.6) is 11.5 Å². The molecule has 3 aromatic rings. The fourth-order valence-corrected chi connectivity index (χ4v) is 3.53. The van der Waals surface area contributed by atoms with Gasteiger partial charge in [-0.3, -0.25) is 4.98 Å². The standard InChI is InChI=1S/C17H14BrNO4S/c1-2-22-16-11-13(8-9-14(16)18)24(20,21)23-15-7-3-5-12-6-4-10-19-17(12)15/h3-11H,2H2,1H3. The maximum atomic E-state index is 12.6. The van der Waals surface area contributed by atoms with E-state index in [0.717, 1.165) is 5.39 Å². The molecule has 0 bridgehead atoms. The Morgan fingerprint density at radius 2 is 1.88 bits per heavy atom. The van der Waals surface area contributed by atoms with Crippen LogP contribution in [0.15, 0.2) is 64.1 Å². The number of para-hydroxylation sites is 1. The van der Waals surface area contributed by atoms with E-state index in [1.807, 2.05) is 19.1 Å². The minimum atomic E-state index is -4.00. The normalized spacial score (nSPS) is 11.4. The third-order valence-electron chi connectivity index (χ3n) is 3.29. The largest absolute Gasteiger partial charge is 0.493 e. The zero-order valence-electron chi connectivity index (χ0n) is 12.8. The second-order valence-corrected chi connectivity index (χ2v) is 7.29. The molecular formula is C17H14BrNO4S. The zero-order valence-corrected chi connectivity index (χ0v) is 15.2. The second kappa shape index (κ2) is 6.78. The summed E-state index contributed by atoms with van der Waals surface area (Å²) >= 11 is 3.33. The number of aromatic nitrogens is 1. The molecule has 0 unspecified atom stereocenters. The van der Waals surface area contributed by atoms with E-state index in [-0.39, 0.29) is 10.6 Å². The molecule has 5 nitrogen and oxygen atoms in total. The van der Waals surface area contributed by atoms with Crippen LogP contribution in [0.4, 0.5) is 0 Å². The van der Waals surface area contributed by atoms with Gasteiger partial charge in [-0.05, 0) is 47.1 Å². The zero-order chi connectivity index (χ0) is 17.2. The van der Waals surface area contributed by atoms with E-state index in [9.17, 15) is 8.42 Å². The van der Waals surface area contributed by atoms with Crippen LogP contribution in [-0.2, 0) is 10.1 Å². The molecule has 24 heavy (non-hydrogen) atoms. The molecule has 0 atom stereocenters. The molecule has 0 saturated carbocycles. The quantitative estimate of drug-likeness (QED) is 0.593. The smallest absolute Gasteiger partial charge is 0.339 e. The van der Waals surface area contributed by atoms with Crippen LogP contribution in [0.1, 0.15) is 6.92 Å².